The van der Waals surface area contributed by atoms with E-state index in [-0.39, 0.29) is 30.5 Å². The molecule has 1 fully saturated rings. The van der Waals surface area contributed by atoms with E-state index >= 15 is 0 Å². The van der Waals surface area contributed by atoms with Crippen LogP contribution < -0.4 is 10.6 Å². The Morgan fingerprint density at radius 1 is 1.40 bits per heavy atom. The van der Waals surface area contributed by atoms with E-state index in [2.05, 4.69) is 34.4 Å². The summed E-state index contributed by atoms with van der Waals surface area (Å²) in [6, 6.07) is 3.98. The summed E-state index contributed by atoms with van der Waals surface area (Å²) in [4.78, 5) is 7.04. The summed E-state index contributed by atoms with van der Waals surface area (Å²) in [5.74, 6) is 2.04. The molecule has 0 spiro atoms. The topological polar surface area (TPSA) is 73.0 Å². The Labute approximate surface area is 168 Å². The highest BCUT2D eigenvalue weighted by Gasteiger charge is 2.20. The number of nitrogens with zero attached hydrogens (tertiary/aromatic N) is 2. The summed E-state index contributed by atoms with van der Waals surface area (Å²) < 4.78 is 5.22. The lowest BCUT2D eigenvalue weighted by Gasteiger charge is -2.34. The Morgan fingerprint density at radius 3 is 2.68 bits per heavy atom. The Morgan fingerprint density at radius 2 is 2.12 bits per heavy atom. The number of hydrogen-bond donors (Lipinski definition) is 3. The highest BCUT2D eigenvalue weighted by Crippen LogP contribution is 2.14. The van der Waals surface area contributed by atoms with Gasteiger partial charge >= 0.3 is 0 Å². The molecule has 1 aromatic heterocycles. The lowest BCUT2D eigenvalue weighted by molar-refractivity contribution is 0.158. The SMILES string of the molecule is CCNC(=NCC(O)c1ccco1)NC1CCN(CC(C)C)CC1.I. The molecule has 2 heterocycles. The van der Waals surface area contributed by atoms with Gasteiger partial charge in [0.25, 0.3) is 0 Å². The molecular formula is C18H33IN4O2. The zero-order chi connectivity index (χ0) is 17.4. The second-order valence-corrected chi connectivity index (χ2v) is 6.86. The molecular weight excluding hydrogens is 431 g/mol. The number of nitrogens with one attached hydrogen (secondary N) is 2. The first-order chi connectivity index (χ1) is 11.6. The van der Waals surface area contributed by atoms with E-state index in [4.69, 9.17) is 4.42 Å². The third kappa shape index (κ3) is 7.96. The molecule has 1 atom stereocenters. The van der Waals surface area contributed by atoms with Crippen molar-refractivity contribution in [2.75, 3.05) is 32.7 Å². The molecule has 144 valence electrons. The average Bonchev–Trinajstić information content (AvgIpc) is 3.08. The average molecular weight is 464 g/mol. The maximum absolute atomic E-state index is 10.1. The molecule has 2 rings (SSSR count). The van der Waals surface area contributed by atoms with Gasteiger partial charge in [-0.25, -0.2) is 0 Å². The van der Waals surface area contributed by atoms with Crippen LogP contribution in [0.3, 0.4) is 0 Å². The number of halogens is 1. The molecule has 0 aromatic carbocycles. The van der Waals surface area contributed by atoms with E-state index in [1.807, 2.05) is 6.92 Å². The number of furan rings is 1. The highest BCUT2D eigenvalue weighted by atomic mass is 127. The first-order valence-electron chi connectivity index (χ1n) is 9.07. The van der Waals surface area contributed by atoms with Gasteiger partial charge in [-0.05, 0) is 37.8 Å². The summed E-state index contributed by atoms with van der Waals surface area (Å²) in [6.45, 7) is 11.1. The third-order valence-corrected chi connectivity index (χ3v) is 4.19. The second-order valence-electron chi connectivity index (χ2n) is 6.86. The molecule has 0 bridgehead atoms. The summed E-state index contributed by atoms with van der Waals surface area (Å²) in [5.41, 5.74) is 0. The van der Waals surface area contributed by atoms with Crippen LogP contribution in [-0.4, -0.2) is 54.7 Å². The van der Waals surface area contributed by atoms with E-state index in [0.29, 0.717) is 11.8 Å². The Kier molecular flexibility index (Phi) is 10.4. The molecule has 1 saturated heterocycles. The lowest BCUT2D eigenvalue weighted by Crippen LogP contribution is -2.49. The fourth-order valence-corrected chi connectivity index (χ4v) is 3.04. The first-order valence-corrected chi connectivity index (χ1v) is 9.07. The molecule has 1 unspecified atom stereocenters. The van der Waals surface area contributed by atoms with E-state index in [1.165, 1.54) is 6.54 Å². The maximum atomic E-state index is 10.1. The number of aliphatic hydroxyl groups excluding tert-OH is 1. The standard InChI is InChI=1S/C18H32N4O2.HI/c1-4-19-18(20-12-16(23)17-6-5-11-24-17)21-15-7-9-22(10-8-15)13-14(2)3;/h5-6,11,14-16,23H,4,7-10,12-13H2,1-3H3,(H2,19,20,21);1H. The fourth-order valence-electron chi connectivity index (χ4n) is 3.04. The number of piperidine rings is 1. The molecule has 1 aliphatic rings. The summed E-state index contributed by atoms with van der Waals surface area (Å²) in [7, 11) is 0. The van der Waals surface area contributed by atoms with Crippen LogP contribution in [0.25, 0.3) is 0 Å². The Bertz CT molecular complexity index is 485. The smallest absolute Gasteiger partial charge is 0.191 e. The van der Waals surface area contributed by atoms with Crippen molar-refractivity contribution < 1.29 is 9.52 Å². The zero-order valence-corrected chi connectivity index (χ0v) is 17.9. The summed E-state index contributed by atoms with van der Waals surface area (Å²) >= 11 is 0. The normalized spacial score (nSPS) is 18.0. The Hall–Kier alpha value is -0.800. The largest absolute Gasteiger partial charge is 0.467 e. The zero-order valence-electron chi connectivity index (χ0n) is 15.6. The van der Waals surface area contributed by atoms with Crippen molar-refractivity contribution in [3.05, 3.63) is 24.2 Å². The number of hydrogen-bond acceptors (Lipinski definition) is 4. The molecule has 0 saturated carbocycles. The molecule has 0 radical (unpaired) electrons. The van der Waals surface area contributed by atoms with Gasteiger partial charge in [-0.3, -0.25) is 4.99 Å². The minimum absolute atomic E-state index is 0. The van der Waals surface area contributed by atoms with E-state index < -0.39 is 6.10 Å². The van der Waals surface area contributed by atoms with Crippen LogP contribution in [0.2, 0.25) is 0 Å². The van der Waals surface area contributed by atoms with E-state index in [0.717, 1.165) is 44.4 Å². The number of likely N-dealkylation sites (tertiary alicyclic amines) is 1. The fraction of sp³-hybridized carbons (Fsp3) is 0.722. The van der Waals surface area contributed by atoms with Gasteiger partial charge in [0.15, 0.2) is 5.96 Å². The highest BCUT2D eigenvalue weighted by molar-refractivity contribution is 14.0. The summed E-state index contributed by atoms with van der Waals surface area (Å²) in [6.07, 6.45) is 3.11. The molecule has 25 heavy (non-hydrogen) atoms. The Balaban J connectivity index is 0.00000312. The number of guanidine groups is 1. The van der Waals surface area contributed by atoms with Crippen molar-refractivity contribution in [3.63, 3.8) is 0 Å². The number of aliphatic imine (C=N–C) groups is 1. The lowest BCUT2D eigenvalue weighted by atomic mass is 10.0. The van der Waals surface area contributed by atoms with Crippen molar-refractivity contribution in [2.24, 2.45) is 10.9 Å². The molecule has 0 aliphatic carbocycles. The maximum Gasteiger partial charge on any atom is 0.191 e. The van der Waals surface area contributed by atoms with Gasteiger partial charge in [-0.15, -0.1) is 24.0 Å². The van der Waals surface area contributed by atoms with E-state index in [9.17, 15) is 5.11 Å². The number of rotatable bonds is 7. The second kappa shape index (κ2) is 11.7. The third-order valence-electron chi connectivity index (χ3n) is 4.19. The van der Waals surface area contributed by atoms with Gasteiger partial charge in [0.05, 0.1) is 12.8 Å². The van der Waals surface area contributed by atoms with Gasteiger partial charge < -0.3 is 25.1 Å². The molecule has 7 heteroatoms. The van der Waals surface area contributed by atoms with Crippen LogP contribution in [0.4, 0.5) is 0 Å². The first kappa shape index (κ1) is 22.2. The predicted octanol–water partition coefficient (Wildman–Crippen LogP) is 2.61. The van der Waals surface area contributed by atoms with Crippen LogP contribution in [0, 0.1) is 5.92 Å². The van der Waals surface area contributed by atoms with Gasteiger partial charge in [0.1, 0.15) is 11.9 Å². The quantitative estimate of drug-likeness (QED) is 0.329. The molecule has 0 amide bonds. The van der Waals surface area contributed by atoms with Gasteiger partial charge in [-0.2, -0.15) is 0 Å². The van der Waals surface area contributed by atoms with Crippen LogP contribution >= 0.6 is 24.0 Å². The van der Waals surface area contributed by atoms with Crippen molar-refractivity contribution >= 4 is 29.9 Å². The van der Waals surface area contributed by atoms with Gasteiger partial charge in [0.2, 0.25) is 0 Å². The monoisotopic (exact) mass is 464 g/mol. The van der Waals surface area contributed by atoms with Crippen LogP contribution in [0.1, 0.15) is 45.5 Å². The number of aliphatic hydroxyl groups is 1. The minimum atomic E-state index is -0.705. The van der Waals surface area contributed by atoms with Gasteiger partial charge in [-0.1, -0.05) is 13.8 Å². The summed E-state index contributed by atoms with van der Waals surface area (Å²) in [5, 5.41) is 16.8. The van der Waals surface area contributed by atoms with Crippen LogP contribution in [0.15, 0.2) is 27.8 Å². The van der Waals surface area contributed by atoms with E-state index in [1.54, 1.807) is 18.4 Å². The van der Waals surface area contributed by atoms with Crippen molar-refractivity contribution in [1.29, 1.82) is 0 Å². The van der Waals surface area contributed by atoms with Crippen LogP contribution in [0.5, 0.6) is 0 Å². The van der Waals surface area contributed by atoms with Crippen LogP contribution in [-0.2, 0) is 0 Å². The molecule has 3 N–H and O–H groups in total. The van der Waals surface area contributed by atoms with Crippen molar-refractivity contribution in [2.45, 2.75) is 45.8 Å². The van der Waals surface area contributed by atoms with Crippen molar-refractivity contribution in [1.82, 2.24) is 15.5 Å². The predicted molar refractivity (Wildman–Crippen MR) is 112 cm³/mol. The molecule has 6 nitrogen and oxygen atoms in total. The van der Waals surface area contributed by atoms with Gasteiger partial charge in [0, 0.05) is 32.2 Å². The van der Waals surface area contributed by atoms with Crippen molar-refractivity contribution in [3.8, 4) is 0 Å². The minimum Gasteiger partial charge on any atom is -0.467 e. The molecule has 1 aromatic rings. The molecule has 1 aliphatic heterocycles.